The van der Waals surface area contributed by atoms with Crippen LogP contribution in [0.2, 0.25) is 0 Å². The zero-order valence-electron chi connectivity index (χ0n) is 16.8. The van der Waals surface area contributed by atoms with Gasteiger partial charge in [-0.2, -0.15) is 0 Å². The Morgan fingerprint density at radius 2 is 1.90 bits per heavy atom. The van der Waals surface area contributed by atoms with Crippen molar-refractivity contribution in [2.45, 2.75) is 26.4 Å². The van der Waals surface area contributed by atoms with E-state index in [1.807, 2.05) is 6.92 Å². The Labute approximate surface area is 178 Å². The Morgan fingerprint density at radius 1 is 1.14 bits per heavy atom. The lowest BCUT2D eigenvalue weighted by atomic mass is 10.2. The summed E-state index contributed by atoms with van der Waals surface area (Å²) in [7, 11) is 3.02. The number of nitrogens with one attached hydrogen (secondary N) is 1. The van der Waals surface area contributed by atoms with Gasteiger partial charge in [-0.25, -0.2) is 4.79 Å². The molecule has 1 amide bonds. The van der Waals surface area contributed by atoms with Gasteiger partial charge in [0.05, 0.1) is 30.9 Å². The van der Waals surface area contributed by atoms with E-state index in [2.05, 4.69) is 21.2 Å². The summed E-state index contributed by atoms with van der Waals surface area (Å²) in [6.07, 6.45) is -0.172. The minimum atomic E-state index is -1.01. The van der Waals surface area contributed by atoms with E-state index >= 15 is 0 Å². The maximum absolute atomic E-state index is 12.5. The van der Waals surface area contributed by atoms with E-state index in [9.17, 15) is 9.59 Å². The van der Waals surface area contributed by atoms with Gasteiger partial charge >= 0.3 is 5.97 Å². The molecule has 8 heteroatoms. The van der Waals surface area contributed by atoms with Crippen LogP contribution in [0.1, 0.15) is 30.6 Å². The molecule has 156 valence electrons. The minimum Gasteiger partial charge on any atom is -0.497 e. The lowest BCUT2D eigenvalue weighted by Crippen LogP contribution is -2.30. The number of hydrogen-bond acceptors (Lipinski definition) is 6. The lowest BCUT2D eigenvalue weighted by molar-refractivity contribution is -0.123. The highest BCUT2D eigenvalue weighted by Crippen LogP contribution is 2.37. The molecule has 0 aliphatic carbocycles. The van der Waals surface area contributed by atoms with Crippen molar-refractivity contribution in [3.8, 4) is 17.2 Å². The summed E-state index contributed by atoms with van der Waals surface area (Å²) in [5.74, 6) is 0.401. The molecule has 0 radical (unpaired) electrons. The fourth-order valence-corrected chi connectivity index (χ4v) is 2.97. The van der Waals surface area contributed by atoms with Crippen LogP contribution in [0.4, 0.5) is 5.69 Å². The molecule has 0 saturated carbocycles. The fraction of sp³-hybridized carbons (Fsp3) is 0.333. The van der Waals surface area contributed by atoms with Crippen LogP contribution in [0.15, 0.2) is 40.9 Å². The molecule has 0 aliphatic heterocycles. The Balaban J connectivity index is 2.08. The highest BCUT2D eigenvalue weighted by Gasteiger charge is 2.22. The Bertz CT molecular complexity index is 870. The zero-order chi connectivity index (χ0) is 21.4. The van der Waals surface area contributed by atoms with Crippen molar-refractivity contribution in [1.82, 2.24) is 0 Å². The number of amides is 1. The third kappa shape index (κ3) is 6.12. The van der Waals surface area contributed by atoms with Gasteiger partial charge in [0.25, 0.3) is 5.91 Å². The van der Waals surface area contributed by atoms with Crippen LogP contribution in [0.3, 0.4) is 0 Å². The first-order valence-electron chi connectivity index (χ1n) is 9.05. The predicted octanol–water partition coefficient (Wildman–Crippen LogP) is 4.44. The number of methoxy groups -OCH3 is 2. The number of carbonyl (C=O) groups excluding carboxylic acids is 2. The molecule has 0 heterocycles. The van der Waals surface area contributed by atoms with Crippen molar-refractivity contribution in [3.05, 3.63) is 46.4 Å². The Hall–Kier alpha value is -2.74. The molecule has 2 rings (SSSR count). The van der Waals surface area contributed by atoms with Crippen molar-refractivity contribution in [2.24, 2.45) is 0 Å². The predicted molar refractivity (Wildman–Crippen MR) is 113 cm³/mol. The van der Waals surface area contributed by atoms with E-state index in [1.165, 1.54) is 27.2 Å². The summed E-state index contributed by atoms with van der Waals surface area (Å²) in [5, 5.41) is 2.69. The Morgan fingerprint density at radius 3 is 2.55 bits per heavy atom. The first kappa shape index (κ1) is 22.5. The van der Waals surface area contributed by atoms with E-state index in [4.69, 9.17) is 18.9 Å². The van der Waals surface area contributed by atoms with Gasteiger partial charge in [-0.3, -0.25) is 4.79 Å². The number of ether oxygens (including phenoxy) is 4. The van der Waals surface area contributed by atoms with Crippen LogP contribution in [0.5, 0.6) is 17.2 Å². The quantitative estimate of drug-likeness (QED) is 0.551. The van der Waals surface area contributed by atoms with Crippen LogP contribution in [0.25, 0.3) is 0 Å². The average molecular weight is 466 g/mol. The summed E-state index contributed by atoms with van der Waals surface area (Å²) in [5.41, 5.74) is 0.776. The number of benzene rings is 2. The fourth-order valence-electron chi connectivity index (χ4n) is 2.41. The Kier molecular flexibility index (Phi) is 8.33. The molecule has 2 aromatic carbocycles. The second-order valence-electron chi connectivity index (χ2n) is 6.11. The van der Waals surface area contributed by atoms with E-state index in [-0.39, 0.29) is 5.56 Å². The number of hydrogen-bond donors (Lipinski definition) is 1. The number of esters is 1. The van der Waals surface area contributed by atoms with Crippen LogP contribution in [-0.4, -0.2) is 38.8 Å². The van der Waals surface area contributed by atoms with E-state index in [0.717, 1.165) is 6.42 Å². The molecule has 0 bridgehead atoms. The van der Waals surface area contributed by atoms with Gasteiger partial charge in [0.15, 0.2) is 17.6 Å². The zero-order valence-corrected chi connectivity index (χ0v) is 18.4. The van der Waals surface area contributed by atoms with E-state index in [1.54, 1.807) is 30.3 Å². The molecule has 0 aliphatic rings. The molecular weight excluding hydrogens is 442 g/mol. The first-order valence-corrected chi connectivity index (χ1v) is 9.85. The third-order valence-corrected chi connectivity index (χ3v) is 4.50. The van der Waals surface area contributed by atoms with Crippen molar-refractivity contribution in [1.29, 1.82) is 0 Å². The molecule has 7 nitrogen and oxygen atoms in total. The average Bonchev–Trinajstić information content (AvgIpc) is 2.72. The molecule has 1 unspecified atom stereocenters. The standard InChI is InChI=1S/C21H24BrNO6/c1-5-9-28-19-17(22)10-14(11-18(19)27-4)21(25)29-13(2)20(24)23-15-7-6-8-16(12-15)26-3/h6-8,10-13H,5,9H2,1-4H3,(H,23,24). The smallest absolute Gasteiger partial charge is 0.339 e. The van der Waals surface area contributed by atoms with Crippen molar-refractivity contribution >= 4 is 33.5 Å². The maximum Gasteiger partial charge on any atom is 0.339 e. The highest BCUT2D eigenvalue weighted by atomic mass is 79.9. The third-order valence-electron chi connectivity index (χ3n) is 3.91. The van der Waals surface area contributed by atoms with E-state index < -0.39 is 18.0 Å². The van der Waals surface area contributed by atoms with Gasteiger partial charge in [-0.05, 0) is 53.5 Å². The monoisotopic (exact) mass is 465 g/mol. The van der Waals surface area contributed by atoms with Gasteiger partial charge in [0.1, 0.15) is 5.75 Å². The molecular formula is C21H24BrNO6. The van der Waals surface area contributed by atoms with Gasteiger partial charge in [-0.1, -0.05) is 13.0 Å². The van der Waals surface area contributed by atoms with Gasteiger partial charge in [0, 0.05) is 11.8 Å². The van der Waals surface area contributed by atoms with Crippen LogP contribution < -0.4 is 19.5 Å². The molecule has 0 fully saturated rings. The number of halogens is 1. The van der Waals surface area contributed by atoms with Crippen LogP contribution in [-0.2, 0) is 9.53 Å². The number of anilines is 1. The van der Waals surface area contributed by atoms with Gasteiger partial charge in [-0.15, -0.1) is 0 Å². The minimum absolute atomic E-state index is 0.235. The summed E-state index contributed by atoms with van der Waals surface area (Å²) in [6.45, 7) is 4.00. The second kappa shape index (κ2) is 10.7. The highest BCUT2D eigenvalue weighted by molar-refractivity contribution is 9.10. The molecule has 0 saturated heterocycles. The summed E-state index contributed by atoms with van der Waals surface area (Å²) in [6, 6.07) is 9.98. The van der Waals surface area contributed by atoms with Crippen LogP contribution in [0, 0.1) is 0 Å². The maximum atomic E-state index is 12.5. The summed E-state index contributed by atoms with van der Waals surface area (Å²) >= 11 is 3.39. The topological polar surface area (TPSA) is 83.1 Å². The lowest BCUT2D eigenvalue weighted by Gasteiger charge is -2.16. The van der Waals surface area contributed by atoms with Crippen LogP contribution >= 0.6 is 15.9 Å². The molecule has 29 heavy (non-hydrogen) atoms. The second-order valence-corrected chi connectivity index (χ2v) is 6.96. The van der Waals surface area contributed by atoms with Crippen molar-refractivity contribution in [2.75, 3.05) is 26.1 Å². The molecule has 0 spiro atoms. The van der Waals surface area contributed by atoms with Crippen molar-refractivity contribution < 1.29 is 28.5 Å². The number of carbonyl (C=O) groups is 2. The number of rotatable bonds is 9. The normalized spacial score (nSPS) is 11.3. The van der Waals surface area contributed by atoms with Gasteiger partial charge < -0.3 is 24.3 Å². The van der Waals surface area contributed by atoms with E-state index in [0.29, 0.717) is 34.0 Å². The van der Waals surface area contributed by atoms with Gasteiger partial charge in [0.2, 0.25) is 0 Å². The van der Waals surface area contributed by atoms with Crippen molar-refractivity contribution in [3.63, 3.8) is 0 Å². The SMILES string of the molecule is CCCOc1c(Br)cc(C(=O)OC(C)C(=O)Nc2cccc(OC)c2)cc1OC. The largest absolute Gasteiger partial charge is 0.497 e. The molecule has 1 atom stereocenters. The summed E-state index contributed by atoms with van der Waals surface area (Å²) < 4.78 is 21.9. The summed E-state index contributed by atoms with van der Waals surface area (Å²) in [4.78, 5) is 24.9. The molecule has 2 aromatic rings. The molecule has 1 N–H and O–H groups in total. The molecule has 0 aromatic heterocycles. The first-order chi connectivity index (χ1) is 13.9.